The standard InChI is InChI=1S/C13H17NO3S/c1-9-3-2-5-14(12(9)13(16)17)11(15)7-10-4-6-18-8-10/h4,6,8-9,12H,2-3,5,7H2,1H3,(H,16,17). The quantitative estimate of drug-likeness (QED) is 0.911. The highest BCUT2D eigenvalue weighted by Crippen LogP contribution is 2.24. The highest BCUT2D eigenvalue weighted by Gasteiger charge is 2.36. The molecule has 0 saturated carbocycles. The molecule has 0 spiro atoms. The second-order valence-electron chi connectivity index (χ2n) is 4.80. The number of nitrogens with zero attached hydrogens (tertiary/aromatic N) is 1. The van der Waals surface area contributed by atoms with E-state index in [0.717, 1.165) is 18.4 Å². The third kappa shape index (κ3) is 2.72. The molecule has 0 aliphatic carbocycles. The third-order valence-electron chi connectivity index (χ3n) is 3.44. The first-order chi connectivity index (χ1) is 8.59. The summed E-state index contributed by atoms with van der Waals surface area (Å²) in [6.45, 7) is 2.47. The fourth-order valence-electron chi connectivity index (χ4n) is 2.51. The molecule has 1 N–H and O–H groups in total. The van der Waals surface area contributed by atoms with Crippen molar-refractivity contribution < 1.29 is 14.7 Å². The summed E-state index contributed by atoms with van der Waals surface area (Å²) in [5.41, 5.74) is 0.965. The van der Waals surface area contributed by atoms with Gasteiger partial charge in [0.15, 0.2) is 0 Å². The fraction of sp³-hybridized carbons (Fsp3) is 0.538. The molecule has 1 amide bonds. The smallest absolute Gasteiger partial charge is 0.326 e. The van der Waals surface area contributed by atoms with Gasteiger partial charge in [-0.3, -0.25) is 4.79 Å². The normalized spacial score (nSPS) is 23.9. The monoisotopic (exact) mass is 267 g/mol. The fourth-order valence-corrected chi connectivity index (χ4v) is 3.18. The minimum atomic E-state index is -0.888. The van der Waals surface area contributed by atoms with E-state index >= 15 is 0 Å². The number of likely N-dealkylation sites (tertiary alicyclic amines) is 1. The van der Waals surface area contributed by atoms with Gasteiger partial charge >= 0.3 is 5.97 Å². The average molecular weight is 267 g/mol. The van der Waals surface area contributed by atoms with Crippen LogP contribution in [-0.4, -0.2) is 34.5 Å². The van der Waals surface area contributed by atoms with E-state index in [4.69, 9.17) is 0 Å². The Bertz CT molecular complexity index is 429. The molecular weight excluding hydrogens is 250 g/mol. The van der Waals surface area contributed by atoms with Crippen LogP contribution in [0.25, 0.3) is 0 Å². The van der Waals surface area contributed by atoms with E-state index in [0.29, 0.717) is 13.0 Å². The minimum absolute atomic E-state index is 0.0303. The molecule has 0 aromatic carbocycles. The molecule has 4 nitrogen and oxygen atoms in total. The van der Waals surface area contributed by atoms with Gasteiger partial charge in [-0.05, 0) is 41.1 Å². The van der Waals surface area contributed by atoms with Crippen LogP contribution in [0.3, 0.4) is 0 Å². The van der Waals surface area contributed by atoms with Crippen molar-refractivity contribution in [3.8, 4) is 0 Å². The Hall–Kier alpha value is -1.36. The number of carboxylic acid groups (broad SMARTS) is 1. The van der Waals surface area contributed by atoms with Crippen LogP contribution in [0.2, 0.25) is 0 Å². The summed E-state index contributed by atoms with van der Waals surface area (Å²) >= 11 is 1.55. The number of carbonyl (C=O) groups excluding carboxylic acids is 1. The molecule has 98 valence electrons. The predicted molar refractivity (Wildman–Crippen MR) is 69.6 cm³/mol. The molecule has 2 heterocycles. The molecule has 1 aliphatic rings. The lowest BCUT2D eigenvalue weighted by atomic mass is 9.90. The van der Waals surface area contributed by atoms with Crippen molar-refractivity contribution in [1.29, 1.82) is 0 Å². The first kappa shape index (κ1) is 13.1. The zero-order valence-electron chi connectivity index (χ0n) is 10.3. The van der Waals surface area contributed by atoms with Gasteiger partial charge in [0.1, 0.15) is 6.04 Å². The molecule has 5 heteroatoms. The van der Waals surface area contributed by atoms with Gasteiger partial charge in [-0.1, -0.05) is 6.92 Å². The average Bonchev–Trinajstić information content (AvgIpc) is 2.80. The second kappa shape index (κ2) is 5.52. The maximum atomic E-state index is 12.2. The van der Waals surface area contributed by atoms with E-state index < -0.39 is 12.0 Å². The number of thiophene rings is 1. The van der Waals surface area contributed by atoms with Crippen LogP contribution in [0, 0.1) is 5.92 Å². The van der Waals surface area contributed by atoms with Gasteiger partial charge in [0.05, 0.1) is 6.42 Å². The minimum Gasteiger partial charge on any atom is -0.480 e. The molecule has 2 rings (SSSR count). The van der Waals surface area contributed by atoms with Crippen LogP contribution in [0.1, 0.15) is 25.3 Å². The number of aliphatic carboxylic acids is 1. The molecule has 2 atom stereocenters. The summed E-state index contributed by atoms with van der Waals surface area (Å²) in [6, 6.07) is 1.25. The van der Waals surface area contributed by atoms with Gasteiger partial charge in [-0.15, -0.1) is 0 Å². The van der Waals surface area contributed by atoms with E-state index in [2.05, 4.69) is 0 Å². The number of hydrogen-bond acceptors (Lipinski definition) is 3. The summed E-state index contributed by atoms with van der Waals surface area (Å²) in [4.78, 5) is 25.0. The van der Waals surface area contributed by atoms with E-state index in [1.165, 1.54) is 4.90 Å². The lowest BCUT2D eigenvalue weighted by Gasteiger charge is -2.37. The SMILES string of the molecule is CC1CCCN(C(=O)Cc2ccsc2)C1C(=O)O. The van der Waals surface area contributed by atoms with E-state index in [1.54, 1.807) is 11.3 Å². The summed E-state index contributed by atoms with van der Waals surface area (Å²) < 4.78 is 0. The lowest BCUT2D eigenvalue weighted by molar-refractivity contribution is -0.154. The Balaban J connectivity index is 2.09. The van der Waals surface area contributed by atoms with Crippen LogP contribution in [0.4, 0.5) is 0 Å². The van der Waals surface area contributed by atoms with Crippen molar-refractivity contribution in [2.24, 2.45) is 5.92 Å². The Labute approximate surface area is 110 Å². The summed E-state index contributed by atoms with van der Waals surface area (Å²) in [7, 11) is 0. The molecule has 0 radical (unpaired) electrons. The number of amides is 1. The maximum Gasteiger partial charge on any atom is 0.326 e. The highest BCUT2D eigenvalue weighted by molar-refractivity contribution is 7.07. The van der Waals surface area contributed by atoms with E-state index in [1.807, 2.05) is 23.8 Å². The first-order valence-electron chi connectivity index (χ1n) is 6.13. The molecule has 1 aromatic heterocycles. The maximum absolute atomic E-state index is 12.2. The highest BCUT2D eigenvalue weighted by atomic mass is 32.1. The van der Waals surface area contributed by atoms with Gasteiger partial charge < -0.3 is 10.0 Å². The Morgan fingerprint density at radius 1 is 1.56 bits per heavy atom. The lowest BCUT2D eigenvalue weighted by Crippen LogP contribution is -2.52. The van der Waals surface area contributed by atoms with E-state index in [-0.39, 0.29) is 11.8 Å². The van der Waals surface area contributed by atoms with Crippen LogP contribution in [0.15, 0.2) is 16.8 Å². The van der Waals surface area contributed by atoms with Gasteiger partial charge in [0.25, 0.3) is 0 Å². The summed E-state index contributed by atoms with van der Waals surface area (Å²) in [5.74, 6) is -0.934. The van der Waals surface area contributed by atoms with Gasteiger partial charge in [0.2, 0.25) is 5.91 Å². The Kier molecular flexibility index (Phi) is 4.01. The molecule has 1 aliphatic heterocycles. The topological polar surface area (TPSA) is 57.6 Å². The number of carboxylic acids is 1. The van der Waals surface area contributed by atoms with Crippen molar-refractivity contribution >= 4 is 23.2 Å². The van der Waals surface area contributed by atoms with Crippen molar-refractivity contribution in [1.82, 2.24) is 4.90 Å². The predicted octanol–water partition coefficient (Wildman–Crippen LogP) is 2.00. The van der Waals surface area contributed by atoms with Crippen molar-refractivity contribution in [2.45, 2.75) is 32.2 Å². The number of carbonyl (C=O) groups is 2. The van der Waals surface area contributed by atoms with Crippen LogP contribution in [-0.2, 0) is 16.0 Å². The second-order valence-corrected chi connectivity index (χ2v) is 5.58. The first-order valence-corrected chi connectivity index (χ1v) is 7.07. The van der Waals surface area contributed by atoms with Crippen molar-refractivity contribution in [2.75, 3.05) is 6.54 Å². The van der Waals surface area contributed by atoms with Crippen molar-refractivity contribution in [3.05, 3.63) is 22.4 Å². The molecular formula is C13H17NO3S. The Morgan fingerprint density at radius 3 is 2.94 bits per heavy atom. The molecule has 1 saturated heterocycles. The van der Waals surface area contributed by atoms with Gasteiger partial charge in [-0.2, -0.15) is 11.3 Å². The van der Waals surface area contributed by atoms with Crippen LogP contribution >= 0.6 is 11.3 Å². The number of hydrogen-bond donors (Lipinski definition) is 1. The third-order valence-corrected chi connectivity index (χ3v) is 4.17. The summed E-state index contributed by atoms with van der Waals surface area (Å²) in [6.07, 6.45) is 2.07. The number of piperidine rings is 1. The van der Waals surface area contributed by atoms with E-state index in [9.17, 15) is 14.7 Å². The molecule has 18 heavy (non-hydrogen) atoms. The number of rotatable bonds is 3. The molecule has 1 aromatic rings. The largest absolute Gasteiger partial charge is 0.480 e. The zero-order valence-corrected chi connectivity index (χ0v) is 11.2. The molecule has 0 bridgehead atoms. The van der Waals surface area contributed by atoms with Crippen LogP contribution in [0.5, 0.6) is 0 Å². The molecule has 2 unspecified atom stereocenters. The van der Waals surface area contributed by atoms with Gasteiger partial charge in [0, 0.05) is 6.54 Å². The zero-order chi connectivity index (χ0) is 13.1. The van der Waals surface area contributed by atoms with Gasteiger partial charge in [-0.25, -0.2) is 4.79 Å². The Morgan fingerprint density at radius 2 is 2.33 bits per heavy atom. The van der Waals surface area contributed by atoms with Crippen LogP contribution < -0.4 is 0 Å². The summed E-state index contributed by atoms with van der Waals surface area (Å²) in [5, 5.41) is 13.1. The molecule has 1 fully saturated rings. The van der Waals surface area contributed by atoms with Crippen molar-refractivity contribution in [3.63, 3.8) is 0 Å².